The Morgan fingerprint density at radius 1 is 1.30 bits per heavy atom. The van der Waals surface area contributed by atoms with E-state index in [9.17, 15) is 4.79 Å². The molecule has 1 unspecified atom stereocenters. The van der Waals surface area contributed by atoms with E-state index in [1.165, 1.54) is 17.7 Å². The molecule has 3 nitrogen and oxygen atoms in total. The van der Waals surface area contributed by atoms with E-state index in [0.29, 0.717) is 12.0 Å². The molecule has 2 fully saturated rings. The normalized spacial score (nSPS) is 28.2. The van der Waals surface area contributed by atoms with Crippen molar-refractivity contribution in [2.24, 2.45) is 17.8 Å². The molecular weight excluding hydrogens is 270 g/mol. The second-order valence-electron chi connectivity index (χ2n) is 6.29. The summed E-state index contributed by atoms with van der Waals surface area (Å²) in [5.74, 6) is 0.782. The van der Waals surface area contributed by atoms with Crippen LogP contribution in [0.3, 0.4) is 0 Å². The lowest BCUT2D eigenvalue weighted by atomic mass is 9.82. The van der Waals surface area contributed by atoms with Crippen molar-refractivity contribution in [1.82, 2.24) is 5.32 Å². The number of nitrogens with one attached hydrogen (secondary N) is 1. The second-order valence-corrected chi connectivity index (χ2v) is 7.27. The maximum atomic E-state index is 11.0. The molecule has 0 saturated heterocycles. The molecule has 0 aliphatic heterocycles. The number of carboxylic acid groups (broad SMARTS) is 1. The van der Waals surface area contributed by atoms with Crippen LogP contribution in [0.1, 0.15) is 49.4 Å². The Bertz CT molecular complexity index is 433. The summed E-state index contributed by atoms with van der Waals surface area (Å²) in [6.45, 7) is 1.05. The van der Waals surface area contributed by atoms with Gasteiger partial charge in [0.2, 0.25) is 0 Å². The summed E-state index contributed by atoms with van der Waals surface area (Å²) >= 11 is 1.85. The first kappa shape index (κ1) is 14.1. The molecule has 0 radical (unpaired) electrons. The van der Waals surface area contributed by atoms with Gasteiger partial charge in [0.05, 0.1) is 5.92 Å². The van der Waals surface area contributed by atoms with Crippen LogP contribution in [-0.2, 0) is 4.79 Å². The van der Waals surface area contributed by atoms with Crippen molar-refractivity contribution in [3.63, 3.8) is 0 Å². The predicted octanol–water partition coefficient (Wildman–Crippen LogP) is 3.68. The minimum absolute atomic E-state index is 0.0947. The fraction of sp³-hybridized carbons (Fsp3) is 0.688. The molecule has 1 heterocycles. The topological polar surface area (TPSA) is 49.3 Å². The highest BCUT2D eigenvalue weighted by molar-refractivity contribution is 7.10. The lowest BCUT2D eigenvalue weighted by Gasteiger charge is -2.28. The molecule has 1 atom stereocenters. The van der Waals surface area contributed by atoms with Crippen molar-refractivity contribution in [2.75, 3.05) is 6.54 Å². The van der Waals surface area contributed by atoms with Gasteiger partial charge in [-0.15, -0.1) is 11.3 Å². The first-order chi connectivity index (χ1) is 9.74. The number of aliphatic carboxylic acids is 1. The lowest BCUT2D eigenvalue weighted by molar-refractivity contribution is -0.143. The van der Waals surface area contributed by atoms with Crippen molar-refractivity contribution in [1.29, 1.82) is 0 Å². The van der Waals surface area contributed by atoms with Gasteiger partial charge < -0.3 is 10.4 Å². The molecule has 20 heavy (non-hydrogen) atoms. The standard InChI is InChI=1S/C16H23NO2S/c18-16(19)13-5-3-11(4-6-13)10-17-15(12-7-8-12)14-2-1-9-20-14/h1-2,9,11-13,15,17H,3-8,10H2,(H,18,19). The van der Waals surface area contributed by atoms with Crippen molar-refractivity contribution in [3.05, 3.63) is 22.4 Å². The highest BCUT2D eigenvalue weighted by atomic mass is 32.1. The van der Waals surface area contributed by atoms with E-state index in [4.69, 9.17) is 5.11 Å². The van der Waals surface area contributed by atoms with Crippen LogP contribution in [0.25, 0.3) is 0 Å². The van der Waals surface area contributed by atoms with Gasteiger partial charge in [-0.05, 0) is 68.4 Å². The van der Waals surface area contributed by atoms with E-state index in [1.54, 1.807) is 0 Å². The molecule has 1 aromatic heterocycles. The fourth-order valence-corrected chi connectivity index (χ4v) is 4.20. The highest BCUT2D eigenvalue weighted by Crippen LogP contribution is 2.42. The summed E-state index contributed by atoms with van der Waals surface area (Å²) in [5.41, 5.74) is 0. The zero-order valence-electron chi connectivity index (χ0n) is 11.8. The molecule has 3 rings (SSSR count). The number of hydrogen-bond acceptors (Lipinski definition) is 3. The molecule has 0 spiro atoms. The van der Waals surface area contributed by atoms with Crippen LogP contribution in [0.4, 0.5) is 0 Å². The minimum atomic E-state index is -0.606. The van der Waals surface area contributed by atoms with Gasteiger partial charge in [-0.3, -0.25) is 4.79 Å². The lowest BCUT2D eigenvalue weighted by Crippen LogP contribution is -2.31. The SMILES string of the molecule is O=C(O)C1CCC(CNC(c2cccs2)C2CC2)CC1. The average molecular weight is 293 g/mol. The number of carboxylic acids is 1. The van der Waals surface area contributed by atoms with Gasteiger partial charge in [0.25, 0.3) is 0 Å². The van der Waals surface area contributed by atoms with Crippen LogP contribution in [0.2, 0.25) is 0 Å². The van der Waals surface area contributed by atoms with E-state index in [0.717, 1.165) is 38.1 Å². The quantitative estimate of drug-likeness (QED) is 0.841. The Balaban J connectivity index is 1.48. The molecule has 4 heteroatoms. The maximum Gasteiger partial charge on any atom is 0.306 e. The van der Waals surface area contributed by atoms with Crippen LogP contribution in [0, 0.1) is 17.8 Å². The van der Waals surface area contributed by atoms with Crippen molar-refractivity contribution in [2.45, 2.75) is 44.6 Å². The third-order valence-corrected chi connectivity index (χ3v) is 5.72. The molecule has 0 aromatic carbocycles. The van der Waals surface area contributed by atoms with Crippen LogP contribution < -0.4 is 5.32 Å². The van der Waals surface area contributed by atoms with Crippen molar-refractivity contribution in [3.8, 4) is 0 Å². The van der Waals surface area contributed by atoms with Crippen molar-refractivity contribution >= 4 is 17.3 Å². The molecule has 2 saturated carbocycles. The number of thiophene rings is 1. The third-order valence-electron chi connectivity index (χ3n) is 4.77. The first-order valence-corrected chi connectivity index (χ1v) is 8.61. The largest absolute Gasteiger partial charge is 0.481 e. The summed E-state index contributed by atoms with van der Waals surface area (Å²) in [5, 5.41) is 15.0. The van der Waals surface area contributed by atoms with Gasteiger partial charge in [0.1, 0.15) is 0 Å². The average Bonchev–Trinajstić information content (AvgIpc) is 3.14. The summed E-state index contributed by atoms with van der Waals surface area (Å²) in [6, 6.07) is 4.91. The van der Waals surface area contributed by atoms with E-state index in [1.807, 2.05) is 11.3 Å². The van der Waals surface area contributed by atoms with Gasteiger partial charge in [-0.25, -0.2) is 0 Å². The molecule has 0 bridgehead atoms. The van der Waals surface area contributed by atoms with E-state index >= 15 is 0 Å². The van der Waals surface area contributed by atoms with E-state index < -0.39 is 5.97 Å². The Morgan fingerprint density at radius 3 is 2.60 bits per heavy atom. The highest BCUT2D eigenvalue weighted by Gasteiger charge is 2.33. The monoisotopic (exact) mass is 293 g/mol. The van der Waals surface area contributed by atoms with Gasteiger partial charge >= 0.3 is 5.97 Å². The molecular formula is C16H23NO2S. The Labute approximate surface area is 124 Å². The Morgan fingerprint density at radius 2 is 2.05 bits per heavy atom. The second kappa shape index (κ2) is 6.27. The number of carbonyl (C=O) groups is 1. The van der Waals surface area contributed by atoms with Crippen LogP contribution in [0.5, 0.6) is 0 Å². The minimum Gasteiger partial charge on any atom is -0.481 e. The van der Waals surface area contributed by atoms with Crippen molar-refractivity contribution < 1.29 is 9.90 Å². The summed E-state index contributed by atoms with van der Waals surface area (Å²) < 4.78 is 0. The smallest absolute Gasteiger partial charge is 0.306 e. The number of rotatable bonds is 6. The summed E-state index contributed by atoms with van der Waals surface area (Å²) in [6.07, 6.45) is 6.53. The van der Waals surface area contributed by atoms with Gasteiger partial charge in [0.15, 0.2) is 0 Å². The van der Waals surface area contributed by atoms with Gasteiger partial charge in [-0.2, -0.15) is 0 Å². The maximum absolute atomic E-state index is 11.0. The zero-order valence-corrected chi connectivity index (χ0v) is 12.6. The van der Waals surface area contributed by atoms with Crippen LogP contribution in [0.15, 0.2) is 17.5 Å². The molecule has 2 aliphatic rings. The first-order valence-electron chi connectivity index (χ1n) is 7.73. The molecule has 0 amide bonds. The molecule has 2 aliphatic carbocycles. The van der Waals surface area contributed by atoms with Gasteiger partial charge in [0, 0.05) is 10.9 Å². The zero-order chi connectivity index (χ0) is 13.9. The van der Waals surface area contributed by atoms with Gasteiger partial charge in [-0.1, -0.05) is 6.07 Å². The Kier molecular flexibility index (Phi) is 4.41. The van der Waals surface area contributed by atoms with Crippen LogP contribution >= 0.6 is 11.3 Å². The third kappa shape index (κ3) is 3.41. The summed E-state index contributed by atoms with van der Waals surface area (Å²) in [7, 11) is 0. The Hall–Kier alpha value is -0.870. The van der Waals surface area contributed by atoms with E-state index in [2.05, 4.69) is 22.8 Å². The summed E-state index contributed by atoms with van der Waals surface area (Å²) in [4.78, 5) is 12.4. The predicted molar refractivity (Wildman–Crippen MR) is 80.9 cm³/mol. The molecule has 2 N–H and O–H groups in total. The molecule has 1 aromatic rings. The molecule has 110 valence electrons. The fourth-order valence-electron chi connectivity index (χ4n) is 3.30. The van der Waals surface area contributed by atoms with Crippen LogP contribution in [-0.4, -0.2) is 17.6 Å². The van der Waals surface area contributed by atoms with E-state index in [-0.39, 0.29) is 5.92 Å². The number of hydrogen-bond donors (Lipinski definition) is 2.